The number of nitrogens with one attached hydrogen (secondary N) is 1. The highest BCUT2D eigenvalue weighted by molar-refractivity contribution is 6.35. The van der Waals surface area contributed by atoms with E-state index in [0.717, 1.165) is 4.90 Å². The first-order valence-corrected chi connectivity index (χ1v) is 11.4. The van der Waals surface area contributed by atoms with Crippen LogP contribution in [-0.2, 0) is 16.1 Å². The summed E-state index contributed by atoms with van der Waals surface area (Å²) in [6, 6.07) is 11.0. The minimum atomic E-state index is -0.687. The van der Waals surface area contributed by atoms with Gasteiger partial charge in [0.1, 0.15) is 6.04 Å². The van der Waals surface area contributed by atoms with E-state index >= 15 is 0 Å². The van der Waals surface area contributed by atoms with Crippen molar-refractivity contribution in [1.29, 1.82) is 0 Å². The molecule has 0 fully saturated rings. The van der Waals surface area contributed by atoms with Gasteiger partial charge in [-0.05, 0) is 42.7 Å². The fourth-order valence-electron chi connectivity index (χ4n) is 3.89. The van der Waals surface area contributed by atoms with Gasteiger partial charge >= 0.3 is 0 Å². The Morgan fingerprint density at radius 1 is 1.06 bits per heavy atom. The normalized spacial score (nSPS) is 13.6. The standard InChI is InChI=1S/C24H25Cl2N3O4/c1-3-20(22(31)27-2)29(14-15-10-11-16(25)13-19(15)26)21(30)9-6-12-28-23(32)17-7-4-5-8-18(17)24(28)33/h4-5,7-8,10-11,13,20H,3,6,9,12,14H2,1-2H3,(H,27,31)/t20-/m1/s1. The van der Waals surface area contributed by atoms with E-state index in [4.69, 9.17) is 23.2 Å². The van der Waals surface area contributed by atoms with Gasteiger partial charge in [-0.3, -0.25) is 24.1 Å². The van der Waals surface area contributed by atoms with E-state index in [0.29, 0.717) is 33.2 Å². The van der Waals surface area contributed by atoms with Gasteiger partial charge in [0.2, 0.25) is 11.8 Å². The average molecular weight is 490 g/mol. The summed E-state index contributed by atoms with van der Waals surface area (Å²) in [5.41, 5.74) is 1.41. The maximum Gasteiger partial charge on any atom is 0.261 e. The van der Waals surface area contributed by atoms with Crippen molar-refractivity contribution in [3.63, 3.8) is 0 Å². The number of amides is 4. The van der Waals surface area contributed by atoms with Crippen molar-refractivity contribution in [2.24, 2.45) is 0 Å². The van der Waals surface area contributed by atoms with Crippen LogP contribution in [0.4, 0.5) is 0 Å². The lowest BCUT2D eigenvalue weighted by molar-refractivity contribution is -0.141. The average Bonchev–Trinajstić information content (AvgIpc) is 3.05. The molecule has 1 aliphatic rings. The Morgan fingerprint density at radius 2 is 1.70 bits per heavy atom. The first-order chi connectivity index (χ1) is 15.8. The smallest absolute Gasteiger partial charge is 0.261 e. The van der Waals surface area contributed by atoms with Crippen LogP contribution in [0.2, 0.25) is 10.0 Å². The van der Waals surface area contributed by atoms with E-state index in [2.05, 4.69) is 5.32 Å². The molecule has 0 saturated carbocycles. The molecule has 7 nitrogen and oxygen atoms in total. The summed E-state index contributed by atoms with van der Waals surface area (Å²) in [4.78, 5) is 53.4. The zero-order chi connectivity index (χ0) is 24.1. The molecular weight excluding hydrogens is 465 g/mol. The Labute approximate surface area is 202 Å². The van der Waals surface area contributed by atoms with Gasteiger partial charge in [-0.15, -0.1) is 0 Å². The maximum atomic E-state index is 13.2. The third kappa shape index (κ3) is 5.37. The monoisotopic (exact) mass is 489 g/mol. The zero-order valence-corrected chi connectivity index (χ0v) is 19.9. The molecule has 9 heteroatoms. The first-order valence-electron chi connectivity index (χ1n) is 10.7. The predicted molar refractivity (Wildman–Crippen MR) is 126 cm³/mol. The van der Waals surface area contributed by atoms with Crippen LogP contribution >= 0.6 is 23.2 Å². The van der Waals surface area contributed by atoms with E-state index < -0.39 is 6.04 Å². The largest absolute Gasteiger partial charge is 0.357 e. The lowest BCUT2D eigenvalue weighted by Crippen LogP contribution is -2.48. The second-order valence-corrected chi connectivity index (χ2v) is 8.55. The van der Waals surface area contributed by atoms with Gasteiger partial charge in [-0.25, -0.2) is 0 Å². The number of rotatable bonds is 9. The van der Waals surface area contributed by atoms with Gasteiger partial charge in [0.05, 0.1) is 11.1 Å². The first kappa shape index (κ1) is 24.7. The van der Waals surface area contributed by atoms with Crippen LogP contribution < -0.4 is 5.32 Å². The molecule has 174 valence electrons. The van der Waals surface area contributed by atoms with E-state index in [1.165, 1.54) is 11.9 Å². The molecule has 0 spiro atoms. The van der Waals surface area contributed by atoms with Crippen LogP contribution in [-0.4, -0.2) is 53.1 Å². The Kier molecular flexibility index (Phi) is 8.10. The van der Waals surface area contributed by atoms with Crippen LogP contribution in [0.15, 0.2) is 42.5 Å². The van der Waals surface area contributed by atoms with Crippen molar-refractivity contribution >= 4 is 46.8 Å². The summed E-state index contributed by atoms with van der Waals surface area (Å²) in [7, 11) is 1.52. The second-order valence-electron chi connectivity index (χ2n) is 7.71. The molecule has 1 aliphatic heterocycles. The Balaban J connectivity index is 1.71. The summed E-state index contributed by atoms with van der Waals surface area (Å²) in [6.45, 7) is 2.07. The number of fused-ring (bicyclic) bond motifs is 1. The molecule has 0 aliphatic carbocycles. The minimum absolute atomic E-state index is 0.0616. The van der Waals surface area contributed by atoms with Crippen molar-refractivity contribution in [1.82, 2.24) is 15.1 Å². The minimum Gasteiger partial charge on any atom is -0.357 e. The van der Waals surface area contributed by atoms with Crippen LogP contribution in [0.3, 0.4) is 0 Å². The fraction of sp³-hybridized carbons (Fsp3) is 0.333. The van der Waals surface area contributed by atoms with Crippen LogP contribution in [0.1, 0.15) is 52.5 Å². The number of nitrogens with zero attached hydrogens (tertiary/aromatic N) is 2. The van der Waals surface area contributed by atoms with Crippen molar-refractivity contribution in [2.75, 3.05) is 13.6 Å². The maximum absolute atomic E-state index is 13.2. The van der Waals surface area contributed by atoms with E-state index in [1.54, 1.807) is 42.5 Å². The molecule has 0 saturated heterocycles. The molecule has 4 amide bonds. The van der Waals surface area contributed by atoms with Crippen LogP contribution in [0.25, 0.3) is 0 Å². The van der Waals surface area contributed by atoms with E-state index in [1.807, 2.05) is 6.92 Å². The van der Waals surface area contributed by atoms with Gasteiger partial charge in [-0.2, -0.15) is 0 Å². The van der Waals surface area contributed by atoms with Crippen LogP contribution in [0, 0.1) is 0 Å². The number of benzene rings is 2. The number of hydrogen-bond acceptors (Lipinski definition) is 4. The quantitative estimate of drug-likeness (QED) is 0.540. The Hall–Kier alpha value is -2.90. The summed E-state index contributed by atoms with van der Waals surface area (Å²) in [5.74, 6) is -1.27. The molecular formula is C24H25Cl2N3O4. The second kappa shape index (κ2) is 10.8. The molecule has 1 atom stereocenters. The molecule has 0 unspecified atom stereocenters. The van der Waals surface area contributed by atoms with Crippen molar-refractivity contribution in [2.45, 2.75) is 38.8 Å². The third-order valence-corrected chi connectivity index (χ3v) is 6.23. The highest BCUT2D eigenvalue weighted by Gasteiger charge is 2.35. The molecule has 33 heavy (non-hydrogen) atoms. The summed E-state index contributed by atoms with van der Waals surface area (Å²) >= 11 is 12.3. The lowest BCUT2D eigenvalue weighted by Gasteiger charge is -2.30. The van der Waals surface area contributed by atoms with Gasteiger partial charge in [0.25, 0.3) is 11.8 Å². The molecule has 1 N–H and O–H groups in total. The molecule has 2 aromatic rings. The number of likely N-dealkylation sites (N-methyl/N-ethyl adjacent to an activating group) is 1. The third-order valence-electron chi connectivity index (χ3n) is 5.64. The fourth-order valence-corrected chi connectivity index (χ4v) is 4.36. The highest BCUT2D eigenvalue weighted by atomic mass is 35.5. The zero-order valence-electron chi connectivity index (χ0n) is 18.4. The van der Waals surface area contributed by atoms with Gasteiger partial charge in [0.15, 0.2) is 0 Å². The number of carbonyl (C=O) groups excluding carboxylic acids is 4. The topological polar surface area (TPSA) is 86.8 Å². The molecule has 1 heterocycles. The molecule has 2 aromatic carbocycles. The Morgan fingerprint density at radius 3 is 2.24 bits per heavy atom. The number of imide groups is 1. The molecule has 3 rings (SSSR count). The van der Waals surface area contributed by atoms with Crippen LogP contribution in [0.5, 0.6) is 0 Å². The van der Waals surface area contributed by atoms with Crippen molar-refractivity contribution in [3.8, 4) is 0 Å². The van der Waals surface area contributed by atoms with E-state index in [9.17, 15) is 19.2 Å². The van der Waals surface area contributed by atoms with Gasteiger partial charge in [-0.1, -0.05) is 48.3 Å². The molecule has 0 radical (unpaired) electrons. The van der Waals surface area contributed by atoms with Crippen molar-refractivity contribution < 1.29 is 19.2 Å². The highest BCUT2D eigenvalue weighted by Crippen LogP contribution is 2.25. The number of hydrogen-bond donors (Lipinski definition) is 1. The van der Waals surface area contributed by atoms with Gasteiger partial charge < -0.3 is 10.2 Å². The molecule has 0 aromatic heterocycles. The van der Waals surface area contributed by atoms with E-state index in [-0.39, 0.29) is 49.6 Å². The lowest BCUT2D eigenvalue weighted by atomic mass is 10.1. The number of halogens is 2. The predicted octanol–water partition coefficient (Wildman–Crippen LogP) is 3.92. The summed E-state index contributed by atoms with van der Waals surface area (Å²) in [5, 5.41) is 3.47. The Bertz CT molecular complexity index is 1050. The summed E-state index contributed by atoms with van der Waals surface area (Å²) < 4.78 is 0. The summed E-state index contributed by atoms with van der Waals surface area (Å²) in [6.07, 6.45) is 0.750. The molecule has 0 bridgehead atoms. The number of carbonyl (C=O) groups is 4. The SMILES string of the molecule is CC[C@H](C(=O)NC)N(Cc1ccc(Cl)cc1Cl)C(=O)CCCN1C(=O)c2ccccc2C1=O. The van der Waals surface area contributed by atoms with Gasteiger partial charge in [0, 0.05) is 36.6 Å². The van der Waals surface area contributed by atoms with Crippen molar-refractivity contribution in [3.05, 3.63) is 69.2 Å².